The lowest BCUT2D eigenvalue weighted by atomic mass is 10.1. The first-order valence-corrected chi connectivity index (χ1v) is 9.68. The number of nitrogens with zero attached hydrogens (tertiary/aromatic N) is 2. The molecular formula is C20H22N4OS. The molecule has 4 rings (SSSR count). The first-order chi connectivity index (χ1) is 12.6. The van der Waals surface area contributed by atoms with Crippen LogP contribution in [0.25, 0.3) is 20.5 Å². The zero-order valence-electron chi connectivity index (χ0n) is 14.7. The van der Waals surface area contributed by atoms with E-state index in [2.05, 4.69) is 40.4 Å². The fourth-order valence-corrected chi connectivity index (χ4v) is 4.72. The van der Waals surface area contributed by atoms with Gasteiger partial charge in [0.25, 0.3) is 5.91 Å². The van der Waals surface area contributed by atoms with Crippen molar-refractivity contribution in [3.63, 3.8) is 0 Å². The maximum atomic E-state index is 11.9. The number of piperidine rings is 1. The molecule has 1 atom stereocenters. The molecule has 2 aromatic heterocycles. The number of primary amides is 1. The fraction of sp³-hybridized carbons (Fsp3) is 0.300. The van der Waals surface area contributed by atoms with Gasteiger partial charge >= 0.3 is 0 Å². The van der Waals surface area contributed by atoms with E-state index in [-0.39, 0.29) is 0 Å². The molecule has 0 spiro atoms. The summed E-state index contributed by atoms with van der Waals surface area (Å²) in [7, 11) is 2.09. The van der Waals surface area contributed by atoms with E-state index in [0.717, 1.165) is 52.3 Å². The van der Waals surface area contributed by atoms with Crippen molar-refractivity contribution >= 4 is 33.1 Å². The van der Waals surface area contributed by atoms with Gasteiger partial charge in [0.15, 0.2) is 0 Å². The van der Waals surface area contributed by atoms with E-state index < -0.39 is 5.91 Å². The lowest BCUT2D eigenvalue weighted by Gasteiger charge is -2.33. The van der Waals surface area contributed by atoms with Crippen LogP contribution in [-0.2, 0) is 0 Å². The number of carbonyl (C=O) groups is 1. The average molecular weight is 366 g/mol. The van der Waals surface area contributed by atoms with Gasteiger partial charge in [-0.25, -0.2) is 4.98 Å². The summed E-state index contributed by atoms with van der Waals surface area (Å²) >= 11 is 1.60. The first kappa shape index (κ1) is 17.0. The van der Waals surface area contributed by atoms with Gasteiger partial charge in [-0.2, -0.15) is 0 Å². The van der Waals surface area contributed by atoms with Gasteiger partial charge in [0.2, 0.25) is 0 Å². The van der Waals surface area contributed by atoms with Crippen molar-refractivity contribution in [1.82, 2.24) is 10.3 Å². The van der Waals surface area contributed by atoms with Crippen molar-refractivity contribution in [1.29, 1.82) is 0 Å². The van der Waals surface area contributed by atoms with Gasteiger partial charge in [-0.15, -0.1) is 11.3 Å². The molecule has 3 aromatic rings. The van der Waals surface area contributed by atoms with Crippen LogP contribution in [0.2, 0.25) is 0 Å². The second-order valence-corrected chi connectivity index (χ2v) is 7.74. The zero-order valence-corrected chi connectivity index (χ0v) is 15.6. The number of hydrogen-bond donors (Lipinski definition) is 2. The molecule has 6 heteroatoms. The third-order valence-corrected chi connectivity index (χ3v) is 6.23. The van der Waals surface area contributed by atoms with E-state index in [1.54, 1.807) is 17.5 Å². The highest BCUT2D eigenvalue weighted by atomic mass is 32.1. The minimum atomic E-state index is -0.433. The Hall–Kier alpha value is -2.44. The minimum Gasteiger partial charge on any atom is -0.366 e. The SMILES string of the molecule is CN(c1ncc(C(N)=O)c2sc(-c3ccccc3)cc12)[C@H]1CCCNC1. The summed E-state index contributed by atoms with van der Waals surface area (Å²) in [5.74, 6) is 0.481. The van der Waals surface area contributed by atoms with E-state index >= 15 is 0 Å². The Labute approximate surface area is 156 Å². The number of pyridine rings is 1. The zero-order chi connectivity index (χ0) is 18.1. The van der Waals surface area contributed by atoms with Gasteiger partial charge in [-0.3, -0.25) is 4.79 Å². The number of fused-ring (bicyclic) bond motifs is 1. The topological polar surface area (TPSA) is 71.2 Å². The Kier molecular flexibility index (Phi) is 4.61. The largest absolute Gasteiger partial charge is 0.366 e. The van der Waals surface area contributed by atoms with Crippen LogP contribution in [0.5, 0.6) is 0 Å². The van der Waals surface area contributed by atoms with Crippen LogP contribution < -0.4 is 16.0 Å². The number of anilines is 1. The Morgan fingerprint density at radius 1 is 1.35 bits per heavy atom. The Balaban J connectivity index is 1.84. The standard InChI is InChI=1S/C20H22N4OS/c1-24(14-8-5-9-22-11-14)20-15-10-17(13-6-3-2-4-7-13)26-18(15)16(12-23-20)19(21)25/h2-4,6-7,10,12,14,22H,5,8-9,11H2,1H3,(H2,21,25)/t14-/m0/s1. The summed E-state index contributed by atoms with van der Waals surface area (Å²) in [5.41, 5.74) is 7.23. The van der Waals surface area contributed by atoms with Crippen LogP contribution in [0.4, 0.5) is 5.82 Å². The maximum absolute atomic E-state index is 11.9. The molecular weight excluding hydrogens is 344 g/mol. The molecule has 1 aliphatic heterocycles. The number of likely N-dealkylation sites (N-methyl/N-ethyl adjacent to an activating group) is 1. The van der Waals surface area contributed by atoms with Gasteiger partial charge in [-0.1, -0.05) is 30.3 Å². The minimum absolute atomic E-state index is 0.402. The molecule has 1 aliphatic rings. The lowest BCUT2D eigenvalue weighted by Crippen LogP contribution is -2.44. The molecule has 26 heavy (non-hydrogen) atoms. The summed E-state index contributed by atoms with van der Waals surface area (Å²) in [4.78, 5) is 19.9. The summed E-state index contributed by atoms with van der Waals surface area (Å²) in [6.45, 7) is 2.03. The van der Waals surface area contributed by atoms with Crippen molar-refractivity contribution in [3.05, 3.63) is 48.2 Å². The van der Waals surface area contributed by atoms with Crippen LogP contribution in [-0.4, -0.2) is 37.1 Å². The summed E-state index contributed by atoms with van der Waals surface area (Å²) in [5, 5.41) is 4.45. The number of thiophene rings is 1. The van der Waals surface area contributed by atoms with Crippen molar-refractivity contribution < 1.29 is 4.79 Å². The second-order valence-electron chi connectivity index (χ2n) is 6.69. The lowest BCUT2D eigenvalue weighted by molar-refractivity contribution is 0.100. The molecule has 0 bridgehead atoms. The predicted octanol–water partition coefficient (Wildman–Crippen LogP) is 3.25. The van der Waals surface area contributed by atoms with Crippen LogP contribution in [0, 0.1) is 0 Å². The number of hydrogen-bond acceptors (Lipinski definition) is 5. The molecule has 3 heterocycles. The number of nitrogens with one attached hydrogen (secondary N) is 1. The predicted molar refractivity (Wildman–Crippen MR) is 108 cm³/mol. The highest BCUT2D eigenvalue weighted by molar-refractivity contribution is 7.22. The summed E-state index contributed by atoms with van der Waals surface area (Å²) in [6, 6.07) is 12.7. The monoisotopic (exact) mass is 366 g/mol. The summed E-state index contributed by atoms with van der Waals surface area (Å²) in [6.07, 6.45) is 3.92. The Morgan fingerprint density at radius 3 is 2.85 bits per heavy atom. The molecule has 1 amide bonds. The molecule has 0 unspecified atom stereocenters. The molecule has 134 valence electrons. The Bertz CT molecular complexity index is 932. The van der Waals surface area contributed by atoms with Crippen LogP contribution >= 0.6 is 11.3 Å². The molecule has 0 aliphatic carbocycles. The number of aromatic nitrogens is 1. The van der Waals surface area contributed by atoms with Gasteiger partial charge in [0.05, 0.1) is 10.3 Å². The maximum Gasteiger partial charge on any atom is 0.251 e. The number of rotatable bonds is 4. The van der Waals surface area contributed by atoms with E-state index in [0.29, 0.717) is 11.6 Å². The van der Waals surface area contributed by atoms with E-state index in [1.165, 1.54) is 0 Å². The number of nitrogens with two attached hydrogens (primary N) is 1. The second kappa shape index (κ2) is 7.05. The van der Waals surface area contributed by atoms with Gasteiger partial charge in [0, 0.05) is 36.1 Å². The number of benzene rings is 1. The third-order valence-electron chi connectivity index (χ3n) is 5.01. The molecule has 3 N–H and O–H groups in total. The molecule has 0 radical (unpaired) electrons. The van der Waals surface area contributed by atoms with Gasteiger partial charge in [-0.05, 0) is 31.0 Å². The van der Waals surface area contributed by atoms with Gasteiger partial charge in [0.1, 0.15) is 5.82 Å². The van der Waals surface area contributed by atoms with Gasteiger partial charge < -0.3 is 16.0 Å². The van der Waals surface area contributed by atoms with E-state index in [1.807, 2.05) is 18.2 Å². The highest BCUT2D eigenvalue weighted by Gasteiger charge is 2.23. The van der Waals surface area contributed by atoms with Crippen LogP contribution in [0.15, 0.2) is 42.6 Å². The number of carbonyl (C=O) groups excluding carboxylic acids is 1. The van der Waals surface area contributed by atoms with Crippen molar-refractivity contribution in [3.8, 4) is 10.4 Å². The molecule has 1 fully saturated rings. The van der Waals surface area contributed by atoms with E-state index in [4.69, 9.17) is 5.73 Å². The van der Waals surface area contributed by atoms with Crippen molar-refractivity contribution in [2.75, 3.05) is 25.0 Å². The number of amides is 1. The van der Waals surface area contributed by atoms with Crippen molar-refractivity contribution in [2.24, 2.45) is 5.73 Å². The highest BCUT2D eigenvalue weighted by Crippen LogP contribution is 2.39. The smallest absolute Gasteiger partial charge is 0.251 e. The van der Waals surface area contributed by atoms with Crippen LogP contribution in [0.3, 0.4) is 0 Å². The van der Waals surface area contributed by atoms with E-state index in [9.17, 15) is 4.79 Å². The molecule has 1 aromatic carbocycles. The van der Waals surface area contributed by atoms with Crippen molar-refractivity contribution in [2.45, 2.75) is 18.9 Å². The summed E-state index contributed by atoms with van der Waals surface area (Å²) < 4.78 is 0.914. The normalized spacial score (nSPS) is 17.3. The molecule has 5 nitrogen and oxygen atoms in total. The Morgan fingerprint density at radius 2 is 2.15 bits per heavy atom. The quantitative estimate of drug-likeness (QED) is 0.743. The third kappa shape index (κ3) is 3.06. The van der Waals surface area contributed by atoms with Crippen LogP contribution in [0.1, 0.15) is 23.2 Å². The first-order valence-electron chi connectivity index (χ1n) is 8.86. The fourth-order valence-electron chi connectivity index (χ4n) is 3.55. The average Bonchev–Trinajstić information content (AvgIpc) is 3.13. The molecule has 0 saturated carbocycles. The molecule has 1 saturated heterocycles.